The number of phenolic OH excluding ortho intramolecular Hbond substituents is 1. The van der Waals surface area contributed by atoms with E-state index >= 15 is 0 Å². The fourth-order valence-electron chi connectivity index (χ4n) is 5.30. The van der Waals surface area contributed by atoms with E-state index in [1.807, 2.05) is 13.8 Å². The average Bonchev–Trinajstić information content (AvgIpc) is 3.34. The zero-order chi connectivity index (χ0) is 33.4. The van der Waals surface area contributed by atoms with E-state index in [0.717, 1.165) is 0 Å². The monoisotopic (exact) mass is 561 g/mol. The molecular formula is C33H33FN2O5. The van der Waals surface area contributed by atoms with Crippen molar-refractivity contribution in [2.75, 3.05) is 5.32 Å². The number of aromatic hydroxyl groups is 1. The summed E-state index contributed by atoms with van der Waals surface area (Å²) in [5.74, 6) is -2.38. The van der Waals surface area contributed by atoms with Crippen LogP contribution in [0.5, 0.6) is 5.75 Å². The summed E-state index contributed by atoms with van der Waals surface area (Å²) in [6, 6.07) is 8.57. The normalized spacial score (nSPS) is 18.7. The number of benzene rings is 3. The van der Waals surface area contributed by atoms with Gasteiger partial charge in [0.15, 0.2) is 0 Å². The van der Waals surface area contributed by atoms with E-state index in [1.54, 1.807) is 16.7 Å². The SMILES string of the molecule is [2H]c1c([2H])c([2H])c(-c2c(C(=O)Nc3ccccc3O)c(C(C)C)n(CC[C@H]3C[C@H](O)CC(=O)O3)c2-c2ccc(F)cc2)c([2H])c1[2H]. The number of nitrogens with zero attached hydrogens (tertiary/aromatic N) is 1. The maximum atomic E-state index is 14.3. The Kier molecular flexibility index (Phi) is 6.51. The first-order valence-corrected chi connectivity index (χ1v) is 13.4. The molecule has 1 saturated heterocycles. The lowest BCUT2D eigenvalue weighted by Gasteiger charge is -2.27. The van der Waals surface area contributed by atoms with Crippen LogP contribution < -0.4 is 5.32 Å². The van der Waals surface area contributed by atoms with Crippen molar-refractivity contribution in [3.63, 3.8) is 0 Å². The summed E-state index contributed by atoms with van der Waals surface area (Å²) in [5, 5.41) is 23.4. The third kappa shape index (κ3) is 6.02. The van der Waals surface area contributed by atoms with Gasteiger partial charge in [0, 0.05) is 30.6 Å². The van der Waals surface area contributed by atoms with Gasteiger partial charge in [0.05, 0.1) is 36.3 Å². The van der Waals surface area contributed by atoms with Gasteiger partial charge in [0.25, 0.3) is 5.91 Å². The Hall–Kier alpha value is -4.43. The molecule has 1 amide bonds. The van der Waals surface area contributed by atoms with E-state index < -0.39 is 60.1 Å². The van der Waals surface area contributed by atoms with Crippen LogP contribution in [0.15, 0.2) is 78.7 Å². The van der Waals surface area contributed by atoms with Gasteiger partial charge in [-0.3, -0.25) is 9.59 Å². The molecule has 1 aromatic heterocycles. The van der Waals surface area contributed by atoms with Crippen LogP contribution in [0.3, 0.4) is 0 Å². The molecule has 2 heterocycles. The summed E-state index contributed by atoms with van der Waals surface area (Å²) < 4.78 is 64.1. The molecule has 1 aliphatic heterocycles. The largest absolute Gasteiger partial charge is 0.506 e. The number of para-hydroxylation sites is 2. The number of nitrogens with one attached hydrogen (secondary N) is 1. The molecule has 0 radical (unpaired) electrons. The van der Waals surface area contributed by atoms with Crippen LogP contribution in [-0.2, 0) is 16.1 Å². The second kappa shape index (κ2) is 12.0. The molecule has 0 unspecified atom stereocenters. The number of cyclic esters (lactones) is 1. The summed E-state index contributed by atoms with van der Waals surface area (Å²) >= 11 is 0. The third-order valence-electron chi connectivity index (χ3n) is 7.01. The number of carbonyl (C=O) groups is 2. The molecule has 4 aromatic rings. The minimum absolute atomic E-state index is 0.00298. The molecule has 212 valence electrons. The maximum absolute atomic E-state index is 14.3. The van der Waals surface area contributed by atoms with E-state index in [-0.39, 0.29) is 65.5 Å². The van der Waals surface area contributed by atoms with Gasteiger partial charge in [-0.2, -0.15) is 0 Å². The Bertz CT molecular complexity index is 1800. The highest BCUT2D eigenvalue weighted by Crippen LogP contribution is 2.43. The maximum Gasteiger partial charge on any atom is 0.308 e. The number of hydrogen-bond acceptors (Lipinski definition) is 5. The van der Waals surface area contributed by atoms with Gasteiger partial charge in [-0.05, 0) is 53.4 Å². The first-order chi connectivity index (χ1) is 21.8. The molecule has 3 N–H and O–H groups in total. The number of aliphatic hydroxyl groups excluding tert-OH is 1. The van der Waals surface area contributed by atoms with Crippen LogP contribution in [-0.4, -0.2) is 38.9 Å². The van der Waals surface area contributed by atoms with E-state index in [2.05, 4.69) is 5.32 Å². The lowest BCUT2D eigenvalue weighted by Crippen LogP contribution is -2.33. The highest BCUT2D eigenvalue weighted by atomic mass is 19.1. The minimum atomic E-state index is -0.876. The van der Waals surface area contributed by atoms with E-state index in [9.17, 15) is 24.2 Å². The Morgan fingerprint density at radius 3 is 2.49 bits per heavy atom. The second-order valence-electron chi connectivity index (χ2n) is 10.3. The number of hydrogen-bond donors (Lipinski definition) is 3. The van der Waals surface area contributed by atoms with E-state index in [1.165, 1.54) is 36.4 Å². The lowest BCUT2D eigenvalue weighted by atomic mass is 9.94. The van der Waals surface area contributed by atoms with Gasteiger partial charge >= 0.3 is 5.97 Å². The van der Waals surface area contributed by atoms with Crippen molar-refractivity contribution < 1.29 is 35.8 Å². The molecule has 0 spiro atoms. The number of rotatable bonds is 8. The van der Waals surface area contributed by atoms with Crippen molar-refractivity contribution in [2.24, 2.45) is 0 Å². The van der Waals surface area contributed by atoms with Crippen molar-refractivity contribution in [2.45, 2.75) is 57.8 Å². The highest BCUT2D eigenvalue weighted by Gasteiger charge is 2.32. The third-order valence-corrected chi connectivity index (χ3v) is 7.01. The summed E-state index contributed by atoms with van der Waals surface area (Å²) in [6.07, 6.45) is -1.23. The molecule has 41 heavy (non-hydrogen) atoms. The average molecular weight is 562 g/mol. The number of carbonyl (C=O) groups excluding carboxylic acids is 2. The van der Waals surface area contributed by atoms with Gasteiger partial charge in [0.2, 0.25) is 0 Å². The number of anilines is 1. The fraction of sp³-hybridized carbons (Fsp3) is 0.273. The van der Waals surface area contributed by atoms with Crippen LogP contribution in [0.2, 0.25) is 0 Å². The molecule has 0 bridgehead atoms. The number of aliphatic hydroxyl groups is 1. The smallest absolute Gasteiger partial charge is 0.308 e. The van der Waals surface area contributed by atoms with Gasteiger partial charge < -0.3 is 24.8 Å². The molecule has 7 nitrogen and oxygen atoms in total. The standard InChI is InChI=1S/C33H33FN2O5/c1-20(2)31-30(33(40)35-26-10-6-7-11-27(26)38)29(21-8-4-3-5-9-21)32(22-12-14-23(34)15-13-22)36(31)17-16-25-18-24(37)19-28(39)41-25/h3-15,20,24-25,37-38H,16-19H2,1-2H3,(H,35,40)/t24-,25-/m0/s1/i3D,4D,5D,8D,9D. The molecule has 5 rings (SSSR count). The van der Waals surface area contributed by atoms with Crippen molar-refractivity contribution >= 4 is 17.6 Å². The van der Waals surface area contributed by atoms with Crippen LogP contribution in [0, 0.1) is 5.82 Å². The van der Waals surface area contributed by atoms with Crippen LogP contribution in [0.1, 0.15) is 61.9 Å². The quantitative estimate of drug-likeness (QED) is 0.168. The zero-order valence-electron chi connectivity index (χ0n) is 27.6. The summed E-state index contributed by atoms with van der Waals surface area (Å²) in [6.45, 7) is 3.78. The summed E-state index contributed by atoms with van der Waals surface area (Å²) in [5.41, 5.74) is 0.996. The minimum Gasteiger partial charge on any atom is -0.506 e. The Morgan fingerprint density at radius 1 is 1.12 bits per heavy atom. The van der Waals surface area contributed by atoms with Gasteiger partial charge in [-0.15, -0.1) is 0 Å². The first-order valence-electron chi connectivity index (χ1n) is 15.9. The molecule has 3 aromatic carbocycles. The second-order valence-corrected chi connectivity index (χ2v) is 10.3. The molecule has 2 atom stereocenters. The number of ether oxygens (including phenoxy) is 1. The van der Waals surface area contributed by atoms with Crippen molar-refractivity contribution in [3.05, 3.63) is 95.8 Å². The highest BCUT2D eigenvalue weighted by molar-refractivity contribution is 6.13. The first kappa shape index (κ1) is 22.3. The zero-order valence-corrected chi connectivity index (χ0v) is 22.6. The van der Waals surface area contributed by atoms with Crippen molar-refractivity contribution in [1.82, 2.24) is 4.57 Å². The van der Waals surface area contributed by atoms with Crippen LogP contribution in [0.4, 0.5) is 10.1 Å². The predicted molar refractivity (Wildman–Crippen MR) is 155 cm³/mol. The number of halogens is 1. The van der Waals surface area contributed by atoms with Crippen LogP contribution >= 0.6 is 0 Å². The predicted octanol–water partition coefficient (Wildman–Crippen LogP) is 6.50. The van der Waals surface area contributed by atoms with E-state index in [4.69, 9.17) is 11.6 Å². The van der Waals surface area contributed by atoms with Crippen molar-refractivity contribution in [3.8, 4) is 28.1 Å². The number of phenols is 1. The van der Waals surface area contributed by atoms with Crippen LogP contribution in [0.25, 0.3) is 22.4 Å². The Balaban J connectivity index is 1.85. The van der Waals surface area contributed by atoms with Gasteiger partial charge in [-0.25, -0.2) is 4.39 Å². The summed E-state index contributed by atoms with van der Waals surface area (Å²) in [7, 11) is 0. The molecular weight excluding hydrogens is 523 g/mol. The molecule has 1 aliphatic rings. The molecule has 0 aliphatic carbocycles. The van der Waals surface area contributed by atoms with Gasteiger partial charge in [0.1, 0.15) is 17.7 Å². The lowest BCUT2D eigenvalue weighted by molar-refractivity contribution is -0.160. The number of aromatic nitrogens is 1. The molecule has 0 saturated carbocycles. The number of amides is 1. The topological polar surface area (TPSA) is 101 Å². The van der Waals surface area contributed by atoms with Gasteiger partial charge in [-0.1, -0.05) is 56.2 Å². The summed E-state index contributed by atoms with van der Waals surface area (Å²) in [4.78, 5) is 26.4. The fourth-order valence-corrected chi connectivity index (χ4v) is 5.30. The Morgan fingerprint density at radius 2 is 1.83 bits per heavy atom. The Labute approximate surface area is 245 Å². The molecule has 1 fully saturated rings. The van der Waals surface area contributed by atoms with E-state index in [0.29, 0.717) is 11.3 Å². The number of esters is 1. The van der Waals surface area contributed by atoms with Crippen molar-refractivity contribution in [1.29, 1.82) is 0 Å². The molecule has 8 heteroatoms.